The van der Waals surface area contributed by atoms with Crippen LogP contribution in [0, 0.1) is 0 Å². The maximum absolute atomic E-state index is 3.49. The second kappa shape index (κ2) is 7.68. The van der Waals surface area contributed by atoms with Crippen LogP contribution in [0.15, 0.2) is 18.2 Å². The molecule has 2 nitrogen and oxygen atoms in total. The van der Waals surface area contributed by atoms with Crippen molar-refractivity contribution in [1.82, 2.24) is 4.90 Å². The van der Waals surface area contributed by atoms with Crippen molar-refractivity contribution in [3.05, 3.63) is 29.3 Å². The second-order valence-electron chi connectivity index (χ2n) is 6.29. The first-order chi connectivity index (χ1) is 9.70. The average Bonchev–Trinajstić information content (AvgIpc) is 2.46. The Morgan fingerprint density at radius 1 is 1.25 bits per heavy atom. The first-order valence-electron chi connectivity index (χ1n) is 8.30. The van der Waals surface area contributed by atoms with Crippen LogP contribution in [0.3, 0.4) is 0 Å². The number of hydrogen-bond donors (Lipinski definition) is 1. The van der Waals surface area contributed by atoms with Crippen LogP contribution < -0.4 is 5.32 Å². The van der Waals surface area contributed by atoms with Gasteiger partial charge >= 0.3 is 0 Å². The Kier molecular flexibility index (Phi) is 5.90. The smallest absolute Gasteiger partial charge is 0.0372 e. The highest BCUT2D eigenvalue weighted by Gasteiger charge is 2.12. The minimum Gasteiger partial charge on any atom is -0.385 e. The third-order valence-corrected chi connectivity index (χ3v) is 4.27. The molecule has 0 unspecified atom stereocenters. The fourth-order valence-electron chi connectivity index (χ4n) is 2.95. The Morgan fingerprint density at radius 2 is 2.10 bits per heavy atom. The Morgan fingerprint density at radius 3 is 2.85 bits per heavy atom. The first-order valence-corrected chi connectivity index (χ1v) is 8.30. The van der Waals surface area contributed by atoms with Gasteiger partial charge in [0.05, 0.1) is 0 Å². The molecule has 1 aromatic rings. The molecule has 0 amide bonds. The zero-order chi connectivity index (χ0) is 14.4. The van der Waals surface area contributed by atoms with E-state index in [0.29, 0.717) is 6.04 Å². The van der Waals surface area contributed by atoms with E-state index in [4.69, 9.17) is 0 Å². The summed E-state index contributed by atoms with van der Waals surface area (Å²) in [5.74, 6) is 0. The summed E-state index contributed by atoms with van der Waals surface area (Å²) in [5, 5.41) is 3.49. The summed E-state index contributed by atoms with van der Waals surface area (Å²) >= 11 is 0. The van der Waals surface area contributed by atoms with E-state index in [1.54, 1.807) is 0 Å². The molecule has 1 aromatic carbocycles. The number of aryl methyl sites for hydroxylation is 1. The zero-order valence-corrected chi connectivity index (χ0v) is 13.4. The normalized spacial score (nSPS) is 14.4. The number of fused-ring (bicyclic) bond motifs is 1. The maximum Gasteiger partial charge on any atom is 0.0372 e. The molecule has 1 N–H and O–H groups in total. The lowest BCUT2D eigenvalue weighted by molar-refractivity contribution is 0.208. The average molecular weight is 274 g/mol. The van der Waals surface area contributed by atoms with Gasteiger partial charge in [-0.1, -0.05) is 31.9 Å². The number of benzene rings is 1. The number of unbranched alkanes of at least 4 members (excludes halogenated alkanes) is 2. The number of rotatable bonds is 7. The van der Waals surface area contributed by atoms with E-state index in [9.17, 15) is 0 Å². The van der Waals surface area contributed by atoms with Crippen molar-refractivity contribution in [1.29, 1.82) is 0 Å². The lowest BCUT2D eigenvalue weighted by Crippen LogP contribution is -2.31. The molecule has 0 aliphatic carbocycles. The van der Waals surface area contributed by atoms with Gasteiger partial charge in [0, 0.05) is 24.8 Å². The highest BCUT2D eigenvalue weighted by atomic mass is 15.1. The fraction of sp³-hybridized carbons (Fsp3) is 0.667. The second-order valence-corrected chi connectivity index (χ2v) is 6.29. The predicted octanol–water partition coefficient (Wildman–Crippen LogP) is 4.45. The van der Waals surface area contributed by atoms with E-state index in [1.165, 1.54) is 55.5 Å². The Hall–Kier alpha value is -1.02. The molecule has 0 saturated carbocycles. The molecular weight excluding hydrogens is 244 g/mol. The van der Waals surface area contributed by atoms with Gasteiger partial charge in [0.1, 0.15) is 0 Å². The van der Waals surface area contributed by atoms with Gasteiger partial charge < -0.3 is 5.32 Å². The topological polar surface area (TPSA) is 15.3 Å². The van der Waals surface area contributed by atoms with Crippen LogP contribution in [0.2, 0.25) is 0 Å². The maximum atomic E-state index is 3.49. The number of hydrogen-bond acceptors (Lipinski definition) is 2. The van der Waals surface area contributed by atoms with E-state index in [-0.39, 0.29) is 0 Å². The van der Waals surface area contributed by atoms with Gasteiger partial charge in [0.2, 0.25) is 0 Å². The fourth-order valence-corrected chi connectivity index (χ4v) is 2.95. The Bertz CT molecular complexity index is 412. The Labute approximate surface area is 124 Å². The number of anilines is 1. The van der Waals surface area contributed by atoms with E-state index in [1.807, 2.05) is 0 Å². The molecule has 0 atom stereocenters. The molecule has 0 spiro atoms. The summed E-state index contributed by atoms with van der Waals surface area (Å²) in [4.78, 5) is 2.60. The summed E-state index contributed by atoms with van der Waals surface area (Å²) in [6.07, 6.45) is 6.46. The van der Waals surface area contributed by atoms with Crippen LogP contribution in [-0.4, -0.2) is 24.0 Å². The van der Waals surface area contributed by atoms with Crippen LogP contribution >= 0.6 is 0 Å². The third-order valence-electron chi connectivity index (χ3n) is 4.27. The molecule has 0 fully saturated rings. The lowest BCUT2D eigenvalue weighted by atomic mass is 10.0. The van der Waals surface area contributed by atoms with E-state index in [0.717, 1.165) is 13.1 Å². The molecule has 0 bridgehead atoms. The lowest BCUT2D eigenvalue weighted by Gasteiger charge is -2.27. The van der Waals surface area contributed by atoms with E-state index in [2.05, 4.69) is 49.2 Å². The minimum atomic E-state index is 0.626. The summed E-state index contributed by atoms with van der Waals surface area (Å²) in [5.41, 5.74) is 4.32. The van der Waals surface area contributed by atoms with Gasteiger partial charge in [0.25, 0.3) is 0 Å². The van der Waals surface area contributed by atoms with Crippen LogP contribution in [0.25, 0.3) is 0 Å². The monoisotopic (exact) mass is 274 g/mol. The standard InChI is InChI=1S/C18H30N2/c1-4-5-6-12-20(15(2)3)14-16-9-10-18-17(13-16)8-7-11-19-18/h9-10,13,15,19H,4-8,11-12,14H2,1-3H3. The summed E-state index contributed by atoms with van der Waals surface area (Å²) < 4.78 is 0. The quantitative estimate of drug-likeness (QED) is 0.739. The summed E-state index contributed by atoms with van der Waals surface area (Å²) in [6, 6.07) is 7.61. The molecule has 20 heavy (non-hydrogen) atoms. The Balaban J connectivity index is 1.98. The molecule has 1 heterocycles. The largest absolute Gasteiger partial charge is 0.385 e. The van der Waals surface area contributed by atoms with E-state index >= 15 is 0 Å². The van der Waals surface area contributed by atoms with Crippen LogP contribution in [0.4, 0.5) is 5.69 Å². The molecule has 0 aromatic heterocycles. The van der Waals surface area contributed by atoms with Crippen molar-refractivity contribution in [2.45, 2.75) is 65.5 Å². The number of nitrogens with zero attached hydrogens (tertiary/aromatic N) is 1. The van der Waals surface area contributed by atoms with Gasteiger partial charge in [-0.25, -0.2) is 0 Å². The van der Waals surface area contributed by atoms with Gasteiger partial charge in [-0.2, -0.15) is 0 Å². The molecule has 1 aliphatic rings. The van der Waals surface area contributed by atoms with E-state index < -0.39 is 0 Å². The minimum absolute atomic E-state index is 0.626. The molecule has 0 radical (unpaired) electrons. The van der Waals surface area contributed by atoms with Crippen LogP contribution in [0.1, 0.15) is 57.6 Å². The van der Waals surface area contributed by atoms with Gasteiger partial charge in [-0.15, -0.1) is 0 Å². The molecule has 1 aliphatic heterocycles. The summed E-state index contributed by atoms with van der Waals surface area (Å²) in [6.45, 7) is 10.3. The molecule has 0 saturated heterocycles. The van der Waals surface area contributed by atoms with Crippen molar-refractivity contribution in [3.63, 3.8) is 0 Å². The molecular formula is C18H30N2. The number of nitrogens with one attached hydrogen (secondary N) is 1. The van der Waals surface area contributed by atoms with Crippen molar-refractivity contribution < 1.29 is 0 Å². The van der Waals surface area contributed by atoms with Crippen molar-refractivity contribution >= 4 is 5.69 Å². The zero-order valence-electron chi connectivity index (χ0n) is 13.4. The highest BCUT2D eigenvalue weighted by Crippen LogP contribution is 2.24. The van der Waals surface area contributed by atoms with Crippen molar-refractivity contribution in [2.24, 2.45) is 0 Å². The first kappa shape index (κ1) is 15.4. The van der Waals surface area contributed by atoms with Crippen molar-refractivity contribution in [2.75, 3.05) is 18.4 Å². The SMILES string of the molecule is CCCCCN(Cc1ccc2c(c1)CCCN2)C(C)C. The predicted molar refractivity (Wildman–Crippen MR) is 88.3 cm³/mol. The van der Waals surface area contributed by atoms with Gasteiger partial charge in [0.15, 0.2) is 0 Å². The van der Waals surface area contributed by atoms with Crippen molar-refractivity contribution in [3.8, 4) is 0 Å². The summed E-state index contributed by atoms with van der Waals surface area (Å²) in [7, 11) is 0. The van der Waals surface area contributed by atoms with Gasteiger partial charge in [-0.05, 0) is 56.8 Å². The highest BCUT2D eigenvalue weighted by molar-refractivity contribution is 5.54. The van der Waals surface area contributed by atoms with Crippen LogP contribution in [0.5, 0.6) is 0 Å². The molecule has 112 valence electrons. The molecule has 2 rings (SSSR count). The third kappa shape index (κ3) is 4.24. The van der Waals surface area contributed by atoms with Crippen LogP contribution in [-0.2, 0) is 13.0 Å². The van der Waals surface area contributed by atoms with Gasteiger partial charge in [-0.3, -0.25) is 4.90 Å². The molecule has 2 heteroatoms.